The first-order chi connectivity index (χ1) is 12.3. The van der Waals surface area contributed by atoms with Crippen LogP contribution < -0.4 is 11.1 Å². The lowest BCUT2D eigenvalue weighted by Gasteiger charge is -2.10. The summed E-state index contributed by atoms with van der Waals surface area (Å²) in [5, 5.41) is 2.76. The Hall–Kier alpha value is -3.06. The predicted molar refractivity (Wildman–Crippen MR) is 96.9 cm³/mol. The predicted octanol–water partition coefficient (Wildman–Crippen LogP) is 3.39. The normalized spacial score (nSPS) is 10.8. The van der Waals surface area contributed by atoms with Crippen molar-refractivity contribution in [3.63, 3.8) is 0 Å². The Labute approximate surface area is 153 Å². The number of carbonyl (C=O) groups excluding carboxylic acids is 2. The van der Waals surface area contributed by atoms with Gasteiger partial charge in [-0.25, -0.2) is 14.4 Å². The standard InChI is InChI=1S/C18H14ClFN4O2/c1-8-9(2)23-16-13(5-10(20)6-15(16)22-8)18(26)24-11-3-4-14(19)12(7-11)17(21)25/h3-7H,1-2H3,(H2,21,25)(H,24,26). The number of halogens is 2. The molecule has 0 saturated carbocycles. The van der Waals surface area contributed by atoms with Gasteiger partial charge in [0.15, 0.2) is 0 Å². The molecule has 0 bridgehead atoms. The van der Waals surface area contributed by atoms with Gasteiger partial charge >= 0.3 is 0 Å². The van der Waals surface area contributed by atoms with Crippen LogP contribution in [0.5, 0.6) is 0 Å². The fraction of sp³-hybridized carbons (Fsp3) is 0.111. The topological polar surface area (TPSA) is 98.0 Å². The summed E-state index contributed by atoms with van der Waals surface area (Å²) in [7, 11) is 0. The van der Waals surface area contributed by atoms with Crippen molar-refractivity contribution in [2.45, 2.75) is 13.8 Å². The lowest BCUT2D eigenvalue weighted by Crippen LogP contribution is -2.16. The van der Waals surface area contributed by atoms with Gasteiger partial charge in [-0.2, -0.15) is 0 Å². The number of hydrogen-bond donors (Lipinski definition) is 2. The molecule has 0 aliphatic carbocycles. The molecular weight excluding hydrogens is 359 g/mol. The number of nitrogens with two attached hydrogens (primary N) is 1. The van der Waals surface area contributed by atoms with E-state index in [1.807, 2.05) is 0 Å². The Morgan fingerprint density at radius 1 is 1.08 bits per heavy atom. The van der Waals surface area contributed by atoms with E-state index in [2.05, 4.69) is 15.3 Å². The van der Waals surface area contributed by atoms with Crippen LogP contribution in [0.1, 0.15) is 32.1 Å². The lowest BCUT2D eigenvalue weighted by atomic mass is 10.1. The molecule has 0 saturated heterocycles. The Morgan fingerprint density at radius 3 is 2.46 bits per heavy atom. The van der Waals surface area contributed by atoms with Crippen LogP contribution in [-0.4, -0.2) is 21.8 Å². The van der Waals surface area contributed by atoms with Gasteiger partial charge in [0.2, 0.25) is 5.91 Å². The van der Waals surface area contributed by atoms with E-state index in [1.54, 1.807) is 13.8 Å². The van der Waals surface area contributed by atoms with Crippen molar-refractivity contribution in [1.82, 2.24) is 9.97 Å². The molecule has 3 rings (SSSR count). The molecule has 0 radical (unpaired) electrons. The fourth-order valence-corrected chi connectivity index (χ4v) is 2.67. The van der Waals surface area contributed by atoms with E-state index in [0.29, 0.717) is 17.1 Å². The number of primary amides is 1. The first-order valence-electron chi connectivity index (χ1n) is 7.61. The molecule has 2 amide bonds. The van der Waals surface area contributed by atoms with Crippen molar-refractivity contribution < 1.29 is 14.0 Å². The van der Waals surface area contributed by atoms with Crippen molar-refractivity contribution in [1.29, 1.82) is 0 Å². The summed E-state index contributed by atoms with van der Waals surface area (Å²) in [6.07, 6.45) is 0. The maximum atomic E-state index is 13.9. The largest absolute Gasteiger partial charge is 0.366 e. The minimum Gasteiger partial charge on any atom is -0.366 e. The highest BCUT2D eigenvalue weighted by Gasteiger charge is 2.17. The summed E-state index contributed by atoms with van der Waals surface area (Å²) in [6.45, 7) is 3.51. The number of fused-ring (bicyclic) bond motifs is 1. The zero-order valence-corrected chi connectivity index (χ0v) is 14.7. The van der Waals surface area contributed by atoms with Crippen LogP contribution in [0.4, 0.5) is 10.1 Å². The Balaban J connectivity index is 2.04. The smallest absolute Gasteiger partial charge is 0.258 e. The van der Waals surface area contributed by atoms with Gasteiger partial charge in [-0.3, -0.25) is 9.59 Å². The Kier molecular flexibility index (Phi) is 4.56. The highest BCUT2D eigenvalue weighted by atomic mass is 35.5. The minimum absolute atomic E-state index is 0.0335. The van der Waals surface area contributed by atoms with E-state index in [1.165, 1.54) is 24.3 Å². The molecule has 3 N–H and O–H groups in total. The molecule has 0 unspecified atom stereocenters. The van der Waals surface area contributed by atoms with Gasteiger partial charge in [0.25, 0.3) is 5.91 Å². The van der Waals surface area contributed by atoms with Gasteiger partial charge in [0.05, 0.1) is 33.1 Å². The van der Waals surface area contributed by atoms with Crippen molar-refractivity contribution in [2.24, 2.45) is 5.73 Å². The number of benzene rings is 2. The van der Waals surface area contributed by atoms with Crippen LogP contribution >= 0.6 is 11.6 Å². The van der Waals surface area contributed by atoms with Gasteiger partial charge in [0, 0.05) is 11.8 Å². The van der Waals surface area contributed by atoms with Gasteiger partial charge < -0.3 is 11.1 Å². The Bertz CT molecular complexity index is 1070. The number of nitrogens with one attached hydrogen (secondary N) is 1. The molecule has 8 heteroatoms. The first-order valence-corrected chi connectivity index (χ1v) is 7.99. The summed E-state index contributed by atoms with van der Waals surface area (Å²) in [4.78, 5) is 32.7. The van der Waals surface area contributed by atoms with Crippen LogP contribution in [-0.2, 0) is 0 Å². The summed E-state index contributed by atoms with van der Waals surface area (Å²) >= 11 is 5.89. The second-order valence-corrected chi connectivity index (χ2v) is 6.14. The average molecular weight is 373 g/mol. The summed E-state index contributed by atoms with van der Waals surface area (Å²) in [5.41, 5.74) is 7.51. The van der Waals surface area contributed by atoms with Crippen LogP contribution in [0.15, 0.2) is 30.3 Å². The molecule has 0 spiro atoms. The van der Waals surface area contributed by atoms with Gasteiger partial charge in [-0.05, 0) is 38.1 Å². The molecule has 6 nitrogen and oxygen atoms in total. The Morgan fingerprint density at radius 2 is 1.77 bits per heavy atom. The van der Waals surface area contributed by atoms with E-state index >= 15 is 0 Å². The molecule has 3 aromatic rings. The van der Waals surface area contributed by atoms with E-state index < -0.39 is 17.6 Å². The van der Waals surface area contributed by atoms with Gasteiger partial charge in [0.1, 0.15) is 11.3 Å². The summed E-state index contributed by atoms with van der Waals surface area (Å²) < 4.78 is 13.9. The van der Waals surface area contributed by atoms with Crippen molar-refractivity contribution in [3.05, 3.63) is 63.7 Å². The molecule has 0 aliphatic rings. The van der Waals surface area contributed by atoms with E-state index in [9.17, 15) is 14.0 Å². The molecule has 0 aliphatic heterocycles. The SMILES string of the molecule is Cc1nc2cc(F)cc(C(=O)Nc3ccc(Cl)c(C(N)=O)c3)c2nc1C. The minimum atomic E-state index is -0.723. The average Bonchev–Trinajstić information content (AvgIpc) is 2.57. The van der Waals surface area contributed by atoms with Crippen LogP contribution in [0.3, 0.4) is 0 Å². The van der Waals surface area contributed by atoms with Crippen molar-refractivity contribution in [3.8, 4) is 0 Å². The van der Waals surface area contributed by atoms with Gasteiger partial charge in [-0.15, -0.1) is 0 Å². The lowest BCUT2D eigenvalue weighted by molar-refractivity contribution is 0.0996. The third kappa shape index (κ3) is 3.34. The highest BCUT2D eigenvalue weighted by Crippen LogP contribution is 2.23. The first kappa shape index (κ1) is 17.8. The second-order valence-electron chi connectivity index (χ2n) is 5.73. The molecular formula is C18H14ClFN4O2. The van der Waals surface area contributed by atoms with E-state index in [0.717, 1.165) is 6.07 Å². The molecule has 0 atom stereocenters. The van der Waals surface area contributed by atoms with E-state index in [-0.39, 0.29) is 27.2 Å². The summed E-state index contributed by atoms with van der Waals surface area (Å²) in [5.74, 6) is -1.92. The van der Waals surface area contributed by atoms with Crippen molar-refractivity contribution >= 4 is 40.1 Å². The monoisotopic (exact) mass is 372 g/mol. The number of hydrogen-bond acceptors (Lipinski definition) is 4. The molecule has 132 valence electrons. The number of aromatic nitrogens is 2. The number of amides is 2. The summed E-state index contributed by atoms with van der Waals surface area (Å²) in [6, 6.07) is 6.61. The van der Waals surface area contributed by atoms with Crippen LogP contribution in [0.2, 0.25) is 5.02 Å². The third-order valence-electron chi connectivity index (χ3n) is 3.88. The zero-order valence-electron chi connectivity index (χ0n) is 13.9. The number of rotatable bonds is 3. The van der Waals surface area contributed by atoms with Crippen LogP contribution in [0.25, 0.3) is 11.0 Å². The number of aryl methyl sites for hydroxylation is 2. The van der Waals surface area contributed by atoms with E-state index in [4.69, 9.17) is 17.3 Å². The fourth-order valence-electron chi connectivity index (χ4n) is 2.46. The quantitative estimate of drug-likeness (QED) is 0.736. The molecule has 2 aromatic carbocycles. The molecule has 26 heavy (non-hydrogen) atoms. The third-order valence-corrected chi connectivity index (χ3v) is 4.21. The van der Waals surface area contributed by atoms with Crippen LogP contribution in [0, 0.1) is 19.7 Å². The maximum Gasteiger partial charge on any atom is 0.258 e. The van der Waals surface area contributed by atoms with Gasteiger partial charge in [-0.1, -0.05) is 11.6 Å². The zero-order chi connectivity index (χ0) is 19.0. The number of carbonyl (C=O) groups is 2. The molecule has 1 heterocycles. The molecule has 0 fully saturated rings. The number of nitrogens with zero attached hydrogens (tertiary/aromatic N) is 2. The maximum absolute atomic E-state index is 13.9. The highest BCUT2D eigenvalue weighted by molar-refractivity contribution is 6.34. The van der Waals surface area contributed by atoms with Crippen molar-refractivity contribution in [2.75, 3.05) is 5.32 Å². The molecule has 1 aromatic heterocycles. The second kappa shape index (κ2) is 6.68. The number of anilines is 1.